The van der Waals surface area contributed by atoms with Gasteiger partial charge in [-0.25, -0.2) is 0 Å². The molecule has 12 rings (SSSR count). The van der Waals surface area contributed by atoms with Crippen molar-refractivity contribution in [2.24, 2.45) is 0 Å². The van der Waals surface area contributed by atoms with Gasteiger partial charge in [0.25, 0.3) is 0 Å². The average Bonchev–Trinajstić information content (AvgIpc) is 3.94. The molecule has 0 fully saturated rings. The Morgan fingerprint density at radius 3 is 2.17 bits per heavy atom. The van der Waals surface area contributed by atoms with Crippen LogP contribution in [0.1, 0.15) is 53.2 Å². The second kappa shape index (κ2) is 13.3. The van der Waals surface area contributed by atoms with Crippen LogP contribution in [0.4, 0.5) is 11.4 Å². The van der Waals surface area contributed by atoms with E-state index in [0.29, 0.717) is 5.92 Å². The molecular formula is C55H41NO3. The summed E-state index contributed by atoms with van der Waals surface area (Å²) in [6.45, 7) is 2.20. The van der Waals surface area contributed by atoms with Crippen LogP contribution in [0.25, 0.3) is 56.9 Å². The molecule has 3 heterocycles. The zero-order chi connectivity index (χ0) is 39.1. The lowest BCUT2D eigenvalue weighted by Crippen LogP contribution is -2.38. The van der Waals surface area contributed by atoms with E-state index in [0.717, 1.165) is 63.1 Å². The Kier molecular flexibility index (Phi) is 7.65. The van der Waals surface area contributed by atoms with Crippen molar-refractivity contribution in [3.63, 3.8) is 0 Å². The van der Waals surface area contributed by atoms with Crippen LogP contribution in [0.2, 0.25) is 0 Å². The molecular weight excluding hydrogens is 723 g/mol. The molecule has 1 aliphatic heterocycles. The molecule has 0 amide bonds. The van der Waals surface area contributed by atoms with Gasteiger partial charge in [-0.15, -0.1) is 0 Å². The molecule has 2 aromatic heterocycles. The Hall–Kier alpha value is -7.04. The number of furan rings is 2. The van der Waals surface area contributed by atoms with E-state index in [1.807, 2.05) is 0 Å². The minimum atomic E-state index is -0.465. The first-order valence-corrected chi connectivity index (χ1v) is 20.7. The van der Waals surface area contributed by atoms with Crippen molar-refractivity contribution < 1.29 is 13.6 Å². The predicted molar refractivity (Wildman–Crippen MR) is 240 cm³/mol. The standard InChI is InChI=1S/C55H41NO3/c1-55-28-27-40(37-15-9-4-10-16-37)31-49(55)48-34-43(21-26-54(48)59-55)56(41-19-24-52-46(32-41)44-29-38(17-22-50(44)57-52)35-11-5-2-6-12-35)42-20-25-53-47(33-42)45-30-39(18-23-51(45)58-53)36-13-7-3-8-14-36/h2-19,21-29,31-34,39,42,49H,20,30H2,1H3. The summed E-state index contributed by atoms with van der Waals surface area (Å²) in [7, 11) is 0. The van der Waals surface area contributed by atoms with Crippen LogP contribution in [-0.4, -0.2) is 11.6 Å². The largest absolute Gasteiger partial charge is 0.482 e. The van der Waals surface area contributed by atoms with Gasteiger partial charge in [0.15, 0.2) is 0 Å². The highest BCUT2D eigenvalue weighted by Crippen LogP contribution is 2.51. The molecule has 0 spiro atoms. The molecule has 4 heteroatoms. The van der Waals surface area contributed by atoms with Gasteiger partial charge in [0.2, 0.25) is 0 Å². The highest BCUT2D eigenvalue weighted by Gasteiger charge is 2.44. The van der Waals surface area contributed by atoms with Crippen molar-refractivity contribution >= 4 is 57.1 Å². The summed E-state index contributed by atoms with van der Waals surface area (Å²) in [5, 5.41) is 3.42. The fourth-order valence-electron chi connectivity index (χ4n) is 9.88. The third-order valence-electron chi connectivity index (χ3n) is 12.9. The number of fused-ring (bicyclic) bond motifs is 9. The molecule has 4 nitrogen and oxygen atoms in total. The molecule has 0 saturated heterocycles. The van der Waals surface area contributed by atoms with Crippen molar-refractivity contribution in [1.29, 1.82) is 0 Å². The van der Waals surface area contributed by atoms with Crippen molar-refractivity contribution in [3.05, 3.63) is 209 Å². The summed E-state index contributed by atoms with van der Waals surface area (Å²) in [4.78, 5) is 2.52. The summed E-state index contributed by atoms with van der Waals surface area (Å²) >= 11 is 0. The summed E-state index contributed by atoms with van der Waals surface area (Å²) in [6.07, 6.45) is 17.8. The summed E-state index contributed by atoms with van der Waals surface area (Å²) < 4.78 is 19.8. The molecule has 4 unspecified atom stereocenters. The topological polar surface area (TPSA) is 38.8 Å². The quantitative estimate of drug-likeness (QED) is 0.169. The van der Waals surface area contributed by atoms with E-state index in [-0.39, 0.29) is 12.0 Å². The summed E-state index contributed by atoms with van der Waals surface area (Å²) in [5.41, 5.74) is 13.1. The van der Waals surface area contributed by atoms with Crippen LogP contribution < -0.4 is 20.3 Å². The molecule has 0 radical (unpaired) electrons. The highest BCUT2D eigenvalue weighted by atomic mass is 16.5. The summed E-state index contributed by atoms with van der Waals surface area (Å²) in [6, 6.07) is 52.0. The van der Waals surface area contributed by atoms with E-state index in [1.54, 1.807) is 0 Å². The number of anilines is 2. The van der Waals surface area contributed by atoms with Crippen LogP contribution >= 0.6 is 0 Å². The van der Waals surface area contributed by atoms with E-state index in [2.05, 4.69) is 200 Å². The number of rotatable bonds is 6. The number of hydrogen-bond donors (Lipinski definition) is 0. The first kappa shape index (κ1) is 34.0. The number of allylic oxidation sites excluding steroid dienone is 3. The van der Waals surface area contributed by atoms with E-state index >= 15 is 0 Å². The van der Waals surface area contributed by atoms with Crippen LogP contribution in [0.15, 0.2) is 179 Å². The lowest BCUT2D eigenvalue weighted by Gasteiger charge is -2.33. The minimum Gasteiger partial charge on any atom is -0.482 e. The SMILES string of the molecule is CC12C=CC(c3ccccc3)=CC1c1cc(N(c3ccc4oc5ccc(-c6ccccc6)cc5c4c3)C3C=c4c5c(oc4=CC3)C=CC(c3ccccc3)C5)ccc1O2. The van der Waals surface area contributed by atoms with Gasteiger partial charge in [-0.2, -0.15) is 0 Å². The van der Waals surface area contributed by atoms with Crippen molar-refractivity contribution in [2.75, 3.05) is 4.90 Å². The van der Waals surface area contributed by atoms with Crippen LogP contribution in [-0.2, 0) is 6.42 Å². The van der Waals surface area contributed by atoms with Crippen molar-refractivity contribution in [3.8, 4) is 16.9 Å². The number of ether oxygens (including phenoxy) is 1. The predicted octanol–water partition coefficient (Wildman–Crippen LogP) is 12.3. The molecule has 3 aliphatic carbocycles. The molecule has 0 saturated carbocycles. The Morgan fingerprint density at radius 2 is 1.36 bits per heavy atom. The number of hydrogen-bond acceptors (Lipinski definition) is 4. The molecule has 4 atom stereocenters. The molecule has 59 heavy (non-hydrogen) atoms. The second-order valence-corrected chi connectivity index (χ2v) is 16.5. The van der Waals surface area contributed by atoms with Gasteiger partial charge in [0, 0.05) is 50.3 Å². The fourth-order valence-corrected chi connectivity index (χ4v) is 9.88. The molecule has 0 bridgehead atoms. The smallest absolute Gasteiger partial charge is 0.135 e. The molecule has 4 aliphatic rings. The zero-order valence-corrected chi connectivity index (χ0v) is 32.7. The van der Waals surface area contributed by atoms with Gasteiger partial charge >= 0.3 is 0 Å². The first-order valence-electron chi connectivity index (χ1n) is 20.7. The third-order valence-corrected chi connectivity index (χ3v) is 12.9. The fraction of sp³-hybridized carbons (Fsp3) is 0.127. The van der Waals surface area contributed by atoms with Gasteiger partial charge in [-0.3, -0.25) is 0 Å². The molecule has 8 aromatic rings. The lowest BCUT2D eigenvalue weighted by molar-refractivity contribution is 0.155. The van der Waals surface area contributed by atoms with Gasteiger partial charge in [-0.05, 0) is 114 Å². The maximum Gasteiger partial charge on any atom is 0.135 e. The molecule has 6 aromatic carbocycles. The molecule has 284 valence electrons. The van der Waals surface area contributed by atoms with E-state index in [1.165, 1.54) is 44.2 Å². The normalized spacial score (nSPS) is 21.1. The van der Waals surface area contributed by atoms with E-state index in [9.17, 15) is 0 Å². The van der Waals surface area contributed by atoms with E-state index in [4.69, 9.17) is 13.6 Å². The number of benzene rings is 6. The third kappa shape index (κ3) is 5.66. The Bertz CT molecular complexity index is 3170. The highest BCUT2D eigenvalue weighted by molar-refractivity contribution is 6.07. The van der Waals surface area contributed by atoms with Crippen molar-refractivity contribution in [2.45, 2.75) is 43.2 Å². The maximum atomic E-state index is 6.76. The zero-order valence-electron chi connectivity index (χ0n) is 32.7. The van der Waals surface area contributed by atoms with Gasteiger partial charge in [0.1, 0.15) is 33.7 Å². The Balaban J connectivity index is 1.01. The van der Waals surface area contributed by atoms with Gasteiger partial charge in [-0.1, -0.05) is 121 Å². The van der Waals surface area contributed by atoms with Crippen molar-refractivity contribution in [1.82, 2.24) is 0 Å². The Labute approximate surface area is 343 Å². The van der Waals surface area contributed by atoms with Crippen LogP contribution in [0.5, 0.6) is 5.75 Å². The van der Waals surface area contributed by atoms with Gasteiger partial charge in [0.05, 0.1) is 6.04 Å². The monoisotopic (exact) mass is 763 g/mol. The Morgan fingerprint density at radius 1 is 0.644 bits per heavy atom. The second-order valence-electron chi connectivity index (χ2n) is 16.5. The number of nitrogens with zero attached hydrogens (tertiary/aromatic N) is 1. The summed E-state index contributed by atoms with van der Waals surface area (Å²) in [5.74, 6) is 2.28. The van der Waals surface area contributed by atoms with Gasteiger partial charge < -0.3 is 18.5 Å². The first-order chi connectivity index (χ1) is 29.0. The van der Waals surface area contributed by atoms with Crippen LogP contribution in [0, 0.1) is 0 Å². The maximum absolute atomic E-state index is 6.76. The minimum absolute atomic E-state index is 0.0224. The average molecular weight is 764 g/mol. The van der Waals surface area contributed by atoms with E-state index < -0.39 is 5.60 Å². The molecule has 0 N–H and O–H groups in total. The lowest BCUT2D eigenvalue weighted by atomic mass is 9.79. The van der Waals surface area contributed by atoms with Crippen LogP contribution in [0.3, 0.4) is 0 Å².